The fraction of sp³-hybridized carbons (Fsp3) is 0. The van der Waals surface area contributed by atoms with Crippen molar-refractivity contribution in [1.82, 2.24) is 9.97 Å². The van der Waals surface area contributed by atoms with E-state index in [0.717, 1.165) is 11.0 Å². The molecule has 1 aromatic heterocycles. The number of fused-ring (bicyclic) bond motifs is 2. The molecular weight excluding hydrogens is 471 g/mol. The number of anilines is 2. The number of benzene rings is 4. The Morgan fingerprint density at radius 1 is 0.559 bits per heavy atom. The van der Waals surface area contributed by atoms with Crippen molar-refractivity contribution in [3.8, 4) is 0 Å². The lowest BCUT2D eigenvalue weighted by Crippen LogP contribution is -2.17. The number of aromatic nitrogens is 2. The number of amides is 2. The zero-order chi connectivity index (χ0) is 23.7. The molecule has 0 spiro atoms. The highest BCUT2D eigenvalue weighted by Gasteiger charge is 2.16. The number of nitrogens with zero attached hydrogens (tertiary/aromatic N) is 2. The minimum Gasteiger partial charge on any atom is -0.320 e. The topological polar surface area (TPSA) is 84.0 Å². The predicted octanol–water partition coefficient (Wildman–Crippen LogP) is 6.59. The Hall–Kier alpha value is -4.00. The Kier molecular flexibility index (Phi) is 5.84. The highest BCUT2D eigenvalue weighted by atomic mass is 35.5. The number of nitrogens with one attached hydrogen (secondary N) is 2. The molecule has 0 radical (unpaired) electrons. The number of carbonyl (C=O) groups is 2. The molecule has 4 aromatic carbocycles. The van der Waals surface area contributed by atoms with Crippen LogP contribution in [0.4, 0.5) is 11.4 Å². The van der Waals surface area contributed by atoms with E-state index in [1.165, 1.54) is 0 Å². The summed E-state index contributed by atoms with van der Waals surface area (Å²) in [4.78, 5) is 35.2. The quantitative estimate of drug-likeness (QED) is 0.280. The molecule has 34 heavy (non-hydrogen) atoms. The molecule has 0 aliphatic carbocycles. The van der Waals surface area contributed by atoms with Gasteiger partial charge in [-0.2, -0.15) is 0 Å². The van der Waals surface area contributed by atoms with Crippen molar-refractivity contribution in [2.24, 2.45) is 0 Å². The Balaban J connectivity index is 1.58. The van der Waals surface area contributed by atoms with E-state index >= 15 is 0 Å². The third kappa shape index (κ3) is 4.55. The molecule has 0 saturated carbocycles. The average Bonchev–Trinajstić information content (AvgIpc) is 2.83. The molecule has 0 unspecified atom stereocenters. The molecule has 5 rings (SSSR count). The molecule has 0 atom stereocenters. The number of hydrogen-bond donors (Lipinski definition) is 2. The standard InChI is InChI=1S/C26H16Cl2N4O2/c27-17-7-3-5-15(11-17)25(33)31-23-13-21-22(30-20-10-2-1-9-19(20)29-21)14-24(23)32-26(34)16-6-4-8-18(28)12-16/h1-14H,(H,31,33)(H,32,34). The van der Waals surface area contributed by atoms with E-state index in [4.69, 9.17) is 23.2 Å². The fourth-order valence-corrected chi connectivity index (χ4v) is 3.90. The van der Waals surface area contributed by atoms with Crippen LogP contribution >= 0.6 is 23.2 Å². The van der Waals surface area contributed by atoms with E-state index in [2.05, 4.69) is 20.6 Å². The zero-order valence-electron chi connectivity index (χ0n) is 17.5. The summed E-state index contributed by atoms with van der Waals surface area (Å²) in [6.07, 6.45) is 0. The van der Waals surface area contributed by atoms with Crippen LogP contribution in [0.3, 0.4) is 0 Å². The molecule has 0 aliphatic heterocycles. The van der Waals surface area contributed by atoms with Crippen molar-refractivity contribution in [1.29, 1.82) is 0 Å². The normalized spacial score (nSPS) is 10.9. The summed E-state index contributed by atoms with van der Waals surface area (Å²) in [6.45, 7) is 0. The average molecular weight is 487 g/mol. The first-order valence-electron chi connectivity index (χ1n) is 10.3. The summed E-state index contributed by atoms with van der Waals surface area (Å²) in [5.41, 5.74) is 4.08. The van der Waals surface area contributed by atoms with Gasteiger partial charge in [0.15, 0.2) is 0 Å². The van der Waals surface area contributed by atoms with Crippen LogP contribution in [0.25, 0.3) is 22.1 Å². The molecule has 2 N–H and O–H groups in total. The largest absolute Gasteiger partial charge is 0.320 e. The van der Waals surface area contributed by atoms with Crippen LogP contribution < -0.4 is 10.6 Å². The number of halogens is 2. The van der Waals surface area contributed by atoms with Gasteiger partial charge in [0, 0.05) is 21.2 Å². The van der Waals surface area contributed by atoms with E-state index in [-0.39, 0.29) is 11.8 Å². The van der Waals surface area contributed by atoms with Gasteiger partial charge in [0.25, 0.3) is 11.8 Å². The van der Waals surface area contributed by atoms with Gasteiger partial charge >= 0.3 is 0 Å². The first-order chi connectivity index (χ1) is 16.5. The van der Waals surface area contributed by atoms with E-state index < -0.39 is 0 Å². The van der Waals surface area contributed by atoms with Crippen LogP contribution in [0.15, 0.2) is 84.9 Å². The van der Waals surface area contributed by atoms with Crippen LogP contribution in [0.1, 0.15) is 20.7 Å². The van der Waals surface area contributed by atoms with Gasteiger partial charge in [-0.05, 0) is 60.7 Å². The van der Waals surface area contributed by atoms with E-state index in [1.807, 2.05) is 24.3 Å². The van der Waals surface area contributed by atoms with E-state index in [0.29, 0.717) is 43.6 Å². The molecule has 0 saturated heterocycles. The maximum atomic E-state index is 12.9. The van der Waals surface area contributed by atoms with E-state index in [9.17, 15) is 9.59 Å². The van der Waals surface area contributed by atoms with Gasteiger partial charge in [0.2, 0.25) is 0 Å². The Labute approximate surface area is 204 Å². The van der Waals surface area contributed by atoms with Gasteiger partial charge in [0.1, 0.15) is 0 Å². The Morgan fingerprint density at radius 3 is 1.41 bits per heavy atom. The van der Waals surface area contributed by atoms with Gasteiger partial charge in [-0.15, -0.1) is 0 Å². The summed E-state index contributed by atoms with van der Waals surface area (Å²) < 4.78 is 0. The lowest BCUT2D eigenvalue weighted by molar-refractivity contribution is 0.101. The summed E-state index contributed by atoms with van der Waals surface area (Å²) >= 11 is 12.1. The van der Waals surface area contributed by atoms with Crippen molar-refractivity contribution >= 4 is 68.5 Å². The molecule has 5 aromatic rings. The van der Waals surface area contributed by atoms with Crippen molar-refractivity contribution in [3.05, 3.63) is 106 Å². The lowest BCUT2D eigenvalue weighted by Gasteiger charge is -2.14. The number of hydrogen-bond acceptors (Lipinski definition) is 4. The van der Waals surface area contributed by atoms with Crippen molar-refractivity contribution in [2.75, 3.05) is 10.6 Å². The third-order valence-electron chi connectivity index (χ3n) is 5.15. The predicted molar refractivity (Wildman–Crippen MR) is 136 cm³/mol. The second kappa shape index (κ2) is 9.09. The Bertz CT molecular complexity index is 1470. The first-order valence-corrected chi connectivity index (χ1v) is 11.1. The first kappa shape index (κ1) is 21.8. The van der Waals surface area contributed by atoms with Gasteiger partial charge in [-0.3, -0.25) is 9.59 Å². The third-order valence-corrected chi connectivity index (χ3v) is 5.62. The van der Waals surface area contributed by atoms with Crippen LogP contribution in [0, 0.1) is 0 Å². The second-order valence-corrected chi connectivity index (χ2v) is 8.40. The highest BCUT2D eigenvalue weighted by Crippen LogP contribution is 2.29. The van der Waals surface area contributed by atoms with Gasteiger partial charge in [-0.25, -0.2) is 9.97 Å². The molecule has 2 amide bonds. The highest BCUT2D eigenvalue weighted by molar-refractivity contribution is 6.31. The lowest BCUT2D eigenvalue weighted by atomic mass is 10.1. The zero-order valence-corrected chi connectivity index (χ0v) is 19.1. The SMILES string of the molecule is O=C(Nc1cc2nc3ccccc3nc2cc1NC(=O)c1cccc(Cl)c1)c1cccc(Cl)c1. The summed E-state index contributed by atoms with van der Waals surface area (Å²) in [5.74, 6) is -0.761. The maximum Gasteiger partial charge on any atom is 0.255 e. The minimum atomic E-state index is -0.381. The van der Waals surface area contributed by atoms with Gasteiger partial charge in [0.05, 0.1) is 33.4 Å². The number of carbonyl (C=O) groups excluding carboxylic acids is 2. The van der Waals surface area contributed by atoms with Crippen molar-refractivity contribution in [3.63, 3.8) is 0 Å². The molecular formula is C26H16Cl2N4O2. The van der Waals surface area contributed by atoms with Crippen LogP contribution in [0.2, 0.25) is 10.0 Å². The second-order valence-electron chi connectivity index (χ2n) is 7.53. The monoisotopic (exact) mass is 486 g/mol. The van der Waals surface area contributed by atoms with E-state index in [1.54, 1.807) is 60.7 Å². The molecule has 166 valence electrons. The molecule has 8 heteroatoms. The van der Waals surface area contributed by atoms with Gasteiger partial charge < -0.3 is 10.6 Å². The van der Waals surface area contributed by atoms with Crippen molar-refractivity contribution < 1.29 is 9.59 Å². The molecule has 1 heterocycles. The smallest absolute Gasteiger partial charge is 0.255 e. The van der Waals surface area contributed by atoms with Crippen molar-refractivity contribution in [2.45, 2.75) is 0 Å². The molecule has 0 aliphatic rings. The molecule has 0 bridgehead atoms. The Morgan fingerprint density at radius 2 is 1.00 bits per heavy atom. The fourth-order valence-electron chi connectivity index (χ4n) is 3.52. The maximum absolute atomic E-state index is 12.9. The van der Waals surface area contributed by atoms with Crippen LogP contribution in [0.5, 0.6) is 0 Å². The summed E-state index contributed by atoms with van der Waals surface area (Å²) in [5, 5.41) is 6.60. The minimum absolute atomic E-state index is 0.373. The van der Waals surface area contributed by atoms with Crippen LogP contribution in [-0.2, 0) is 0 Å². The molecule has 0 fully saturated rings. The summed E-state index contributed by atoms with van der Waals surface area (Å²) in [7, 11) is 0. The molecule has 6 nitrogen and oxygen atoms in total. The number of rotatable bonds is 4. The number of para-hydroxylation sites is 2. The van der Waals surface area contributed by atoms with Gasteiger partial charge in [-0.1, -0.05) is 47.5 Å². The summed E-state index contributed by atoms with van der Waals surface area (Å²) in [6, 6.07) is 24.0. The van der Waals surface area contributed by atoms with Crippen LogP contribution in [-0.4, -0.2) is 21.8 Å².